The van der Waals surface area contributed by atoms with Crippen molar-refractivity contribution >= 4 is 0 Å². The first-order chi connectivity index (χ1) is 6.88. The highest BCUT2D eigenvalue weighted by molar-refractivity contribution is 4.77. The Labute approximate surface area is 87.4 Å². The lowest BCUT2D eigenvalue weighted by molar-refractivity contribution is 0.127. The zero-order chi connectivity index (χ0) is 9.80. The van der Waals surface area contributed by atoms with Crippen molar-refractivity contribution in [3.63, 3.8) is 0 Å². The highest BCUT2D eigenvalue weighted by Gasteiger charge is 2.19. The van der Waals surface area contributed by atoms with Crippen LogP contribution in [0.1, 0.15) is 13.3 Å². The van der Waals surface area contributed by atoms with Crippen LogP contribution in [0.5, 0.6) is 0 Å². The van der Waals surface area contributed by atoms with Crippen molar-refractivity contribution in [2.75, 3.05) is 52.4 Å². The number of rotatable bonds is 4. The van der Waals surface area contributed by atoms with Crippen LogP contribution in [-0.2, 0) is 0 Å². The molecule has 0 aliphatic carbocycles. The molecule has 2 fully saturated rings. The van der Waals surface area contributed by atoms with Crippen molar-refractivity contribution in [3.05, 3.63) is 0 Å². The van der Waals surface area contributed by atoms with Crippen LogP contribution in [0.3, 0.4) is 0 Å². The van der Waals surface area contributed by atoms with Gasteiger partial charge in [-0.15, -0.1) is 0 Å². The Morgan fingerprint density at radius 2 is 1.71 bits per heavy atom. The summed E-state index contributed by atoms with van der Waals surface area (Å²) in [6, 6.07) is 0. The molecule has 2 aliphatic rings. The number of piperazine rings is 1. The first kappa shape index (κ1) is 10.4. The molecule has 2 aliphatic heterocycles. The highest BCUT2D eigenvalue weighted by atomic mass is 15.3. The van der Waals surface area contributed by atoms with E-state index in [2.05, 4.69) is 22.0 Å². The predicted octanol–water partition coefficient (Wildman–Crippen LogP) is 0.233. The first-order valence-corrected chi connectivity index (χ1v) is 6.04. The van der Waals surface area contributed by atoms with Crippen LogP contribution < -0.4 is 5.32 Å². The molecule has 0 atom stereocenters. The molecular formula is C11H23N3. The minimum absolute atomic E-state index is 0.971. The maximum absolute atomic E-state index is 3.34. The Kier molecular flexibility index (Phi) is 3.79. The Balaban J connectivity index is 1.58. The van der Waals surface area contributed by atoms with Crippen LogP contribution in [0.4, 0.5) is 0 Å². The zero-order valence-corrected chi connectivity index (χ0v) is 9.34. The van der Waals surface area contributed by atoms with Crippen molar-refractivity contribution in [3.8, 4) is 0 Å². The predicted molar refractivity (Wildman–Crippen MR) is 59.5 cm³/mol. The monoisotopic (exact) mass is 197 g/mol. The van der Waals surface area contributed by atoms with Crippen LogP contribution in [-0.4, -0.2) is 62.2 Å². The lowest BCUT2D eigenvalue weighted by Gasteiger charge is -2.36. The normalized spacial score (nSPS) is 26.4. The molecule has 0 aromatic rings. The second-order valence-electron chi connectivity index (χ2n) is 4.59. The van der Waals surface area contributed by atoms with Gasteiger partial charge < -0.3 is 15.1 Å². The van der Waals surface area contributed by atoms with Crippen LogP contribution in [0.25, 0.3) is 0 Å². The van der Waals surface area contributed by atoms with Gasteiger partial charge in [-0.05, 0) is 38.5 Å². The summed E-state index contributed by atoms with van der Waals surface area (Å²) in [4.78, 5) is 5.17. The van der Waals surface area contributed by atoms with E-state index in [0.717, 1.165) is 5.92 Å². The van der Waals surface area contributed by atoms with E-state index in [0.29, 0.717) is 0 Å². The first-order valence-electron chi connectivity index (χ1n) is 6.04. The number of hydrogen-bond donors (Lipinski definition) is 1. The minimum Gasteiger partial charge on any atom is -0.316 e. The highest BCUT2D eigenvalue weighted by Crippen LogP contribution is 2.10. The van der Waals surface area contributed by atoms with Gasteiger partial charge in [0.2, 0.25) is 0 Å². The fraction of sp³-hybridized carbons (Fsp3) is 1.00. The number of likely N-dealkylation sites (N-methyl/N-ethyl adjacent to an activating group) is 1. The van der Waals surface area contributed by atoms with Crippen LogP contribution in [0, 0.1) is 5.92 Å². The molecule has 0 radical (unpaired) electrons. The van der Waals surface area contributed by atoms with Crippen molar-refractivity contribution in [2.24, 2.45) is 5.92 Å². The van der Waals surface area contributed by atoms with E-state index >= 15 is 0 Å². The van der Waals surface area contributed by atoms with E-state index in [9.17, 15) is 0 Å². The fourth-order valence-electron chi connectivity index (χ4n) is 2.25. The Hall–Kier alpha value is -0.120. The van der Waals surface area contributed by atoms with Crippen molar-refractivity contribution < 1.29 is 0 Å². The molecule has 2 rings (SSSR count). The Morgan fingerprint density at radius 3 is 2.21 bits per heavy atom. The van der Waals surface area contributed by atoms with Gasteiger partial charge in [0.25, 0.3) is 0 Å². The summed E-state index contributed by atoms with van der Waals surface area (Å²) < 4.78 is 0. The van der Waals surface area contributed by atoms with Crippen molar-refractivity contribution in [1.29, 1.82) is 0 Å². The second kappa shape index (κ2) is 5.10. The van der Waals surface area contributed by atoms with Crippen LogP contribution >= 0.6 is 0 Å². The lowest BCUT2D eigenvalue weighted by atomic mass is 9.99. The molecule has 0 aromatic carbocycles. The Morgan fingerprint density at radius 1 is 1.07 bits per heavy atom. The Bertz CT molecular complexity index is 160. The molecule has 2 saturated heterocycles. The third kappa shape index (κ3) is 2.69. The van der Waals surface area contributed by atoms with Gasteiger partial charge in [0.05, 0.1) is 0 Å². The molecule has 2 heterocycles. The van der Waals surface area contributed by atoms with Gasteiger partial charge in [0.15, 0.2) is 0 Å². The van der Waals surface area contributed by atoms with E-state index in [1.807, 2.05) is 0 Å². The van der Waals surface area contributed by atoms with Gasteiger partial charge >= 0.3 is 0 Å². The summed E-state index contributed by atoms with van der Waals surface area (Å²) in [6.07, 6.45) is 1.40. The molecular weight excluding hydrogens is 174 g/mol. The van der Waals surface area contributed by atoms with Crippen LogP contribution in [0.15, 0.2) is 0 Å². The second-order valence-corrected chi connectivity index (χ2v) is 4.59. The SMILES string of the molecule is CCN1CCN(CCC2CNC2)CC1. The molecule has 0 amide bonds. The molecule has 0 aromatic heterocycles. The number of hydrogen-bond acceptors (Lipinski definition) is 3. The maximum atomic E-state index is 3.34. The molecule has 1 N–H and O–H groups in total. The van der Waals surface area contributed by atoms with Gasteiger partial charge in [-0.25, -0.2) is 0 Å². The number of nitrogens with zero attached hydrogens (tertiary/aromatic N) is 2. The van der Waals surface area contributed by atoms with Gasteiger partial charge in [-0.1, -0.05) is 6.92 Å². The van der Waals surface area contributed by atoms with E-state index < -0.39 is 0 Å². The quantitative estimate of drug-likeness (QED) is 0.696. The zero-order valence-electron chi connectivity index (χ0n) is 9.34. The fourth-order valence-corrected chi connectivity index (χ4v) is 2.25. The standard InChI is InChI=1S/C11H23N3/c1-2-13-5-7-14(8-6-13)4-3-11-9-12-10-11/h11-12H,2-10H2,1H3. The molecule has 0 saturated carbocycles. The third-order valence-corrected chi connectivity index (χ3v) is 3.63. The van der Waals surface area contributed by atoms with E-state index in [1.165, 1.54) is 58.8 Å². The maximum Gasteiger partial charge on any atom is 0.0110 e. The minimum atomic E-state index is 0.971. The molecule has 0 bridgehead atoms. The summed E-state index contributed by atoms with van der Waals surface area (Å²) in [6.45, 7) is 12.4. The van der Waals surface area contributed by atoms with Crippen molar-refractivity contribution in [1.82, 2.24) is 15.1 Å². The van der Waals surface area contributed by atoms with Gasteiger partial charge in [-0.2, -0.15) is 0 Å². The number of nitrogens with one attached hydrogen (secondary N) is 1. The molecule has 82 valence electrons. The topological polar surface area (TPSA) is 18.5 Å². The molecule has 3 heteroatoms. The molecule has 0 unspecified atom stereocenters. The lowest BCUT2D eigenvalue weighted by Crippen LogP contribution is -2.48. The summed E-state index contributed by atoms with van der Waals surface area (Å²) >= 11 is 0. The summed E-state index contributed by atoms with van der Waals surface area (Å²) in [5.74, 6) is 0.971. The van der Waals surface area contributed by atoms with Crippen molar-refractivity contribution in [2.45, 2.75) is 13.3 Å². The van der Waals surface area contributed by atoms with E-state index in [-0.39, 0.29) is 0 Å². The largest absolute Gasteiger partial charge is 0.316 e. The van der Waals surface area contributed by atoms with E-state index in [4.69, 9.17) is 0 Å². The summed E-state index contributed by atoms with van der Waals surface area (Å²) in [5.41, 5.74) is 0. The third-order valence-electron chi connectivity index (χ3n) is 3.63. The van der Waals surface area contributed by atoms with Gasteiger partial charge in [0.1, 0.15) is 0 Å². The van der Waals surface area contributed by atoms with Gasteiger partial charge in [-0.3, -0.25) is 0 Å². The smallest absolute Gasteiger partial charge is 0.0110 e. The average molecular weight is 197 g/mol. The summed E-state index contributed by atoms with van der Waals surface area (Å²) in [5, 5.41) is 3.34. The van der Waals surface area contributed by atoms with E-state index in [1.54, 1.807) is 0 Å². The molecule has 14 heavy (non-hydrogen) atoms. The molecule has 0 spiro atoms. The molecule has 3 nitrogen and oxygen atoms in total. The summed E-state index contributed by atoms with van der Waals surface area (Å²) in [7, 11) is 0. The van der Waals surface area contributed by atoms with Crippen LogP contribution in [0.2, 0.25) is 0 Å². The van der Waals surface area contributed by atoms with Gasteiger partial charge in [0, 0.05) is 26.2 Å². The average Bonchev–Trinajstić information content (AvgIpc) is 2.16.